The Hall–Kier alpha value is -4.31. The molecule has 0 radical (unpaired) electrons. The van der Waals surface area contributed by atoms with E-state index in [1.54, 1.807) is 6.07 Å². The number of aromatic nitrogens is 1. The summed E-state index contributed by atoms with van der Waals surface area (Å²) in [6.07, 6.45) is -0.298. The molecule has 0 saturated carbocycles. The van der Waals surface area contributed by atoms with E-state index in [0.717, 1.165) is 12.1 Å². The molecule has 9 nitrogen and oxygen atoms in total. The van der Waals surface area contributed by atoms with Gasteiger partial charge in [0.1, 0.15) is 29.9 Å². The lowest BCUT2D eigenvalue weighted by atomic mass is 9.94. The van der Waals surface area contributed by atoms with Crippen LogP contribution in [0, 0.1) is 0 Å². The smallest absolute Gasteiger partial charge is 0.337 e. The number of benzene rings is 3. The van der Waals surface area contributed by atoms with Crippen molar-refractivity contribution in [2.24, 2.45) is 4.99 Å². The molecule has 4 aromatic rings. The number of aliphatic hydroxyl groups excluding tert-OH is 1. The van der Waals surface area contributed by atoms with Crippen LogP contribution >= 0.6 is 0 Å². The molecule has 4 atom stereocenters. The third-order valence-corrected chi connectivity index (χ3v) is 8.16. The minimum Gasteiger partial charge on any atom is -0.485 e. The maximum Gasteiger partial charge on any atom is 0.337 e. The van der Waals surface area contributed by atoms with Crippen molar-refractivity contribution in [3.63, 3.8) is 0 Å². The zero-order valence-electron chi connectivity index (χ0n) is 22.9. The molecule has 0 unspecified atom stereocenters. The summed E-state index contributed by atoms with van der Waals surface area (Å²) in [6.45, 7) is 1.90. The largest absolute Gasteiger partial charge is 0.485 e. The Morgan fingerprint density at radius 3 is 2.67 bits per heavy atom. The van der Waals surface area contributed by atoms with Crippen LogP contribution in [0.25, 0.3) is 10.9 Å². The summed E-state index contributed by atoms with van der Waals surface area (Å²) in [5.74, 6) is 0.179. The van der Waals surface area contributed by atoms with E-state index in [0.29, 0.717) is 59.9 Å². The normalized spacial score (nSPS) is 24.1. The van der Waals surface area contributed by atoms with Crippen LogP contribution in [-0.4, -0.2) is 82.6 Å². The summed E-state index contributed by atoms with van der Waals surface area (Å²) < 4.78 is 17.7. The third-order valence-electron chi connectivity index (χ3n) is 8.16. The summed E-state index contributed by atoms with van der Waals surface area (Å²) in [6, 6.07) is 25.0. The van der Waals surface area contributed by atoms with Crippen molar-refractivity contribution in [1.82, 2.24) is 9.88 Å². The van der Waals surface area contributed by atoms with Crippen LogP contribution in [0.3, 0.4) is 0 Å². The van der Waals surface area contributed by atoms with Gasteiger partial charge in [0.15, 0.2) is 6.10 Å². The van der Waals surface area contributed by atoms with Crippen LogP contribution in [0.15, 0.2) is 83.9 Å². The summed E-state index contributed by atoms with van der Waals surface area (Å²) in [5, 5.41) is 21.1. The number of carboxylic acid groups (broad SMARTS) is 1. The van der Waals surface area contributed by atoms with E-state index in [9.17, 15) is 15.0 Å². The zero-order valence-corrected chi connectivity index (χ0v) is 22.9. The number of fused-ring (bicyclic) bond motifs is 3. The van der Waals surface area contributed by atoms with Crippen LogP contribution < -0.4 is 4.74 Å². The Morgan fingerprint density at radius 1 is 1.00 bits per heavy atom. The fourth-order valence-electron chi connectivity index (χ4n) is 6.13. The number of para-hydroxylation sites is 1. The number of hydrogen-bond donors (Lipinski definition) is 2. The Balaban J connectivity index is 1.27. The first kappa shape index (κ1) is 26.6. The monoisotopic (exact) mass is 565 g/mol. The van der Waals surface area contributed by atoms with Gasteiger partial charge in [0.25, 0.3) is 0 Å². The van der Waals surface area contributed by atoms with Gasteiger partial charge in [-0.3, -0.25) is 4.98 Å². The van der Waals surface area contributed by atoms with E-state index in [-0.39, 0.29) is 30.5 Å². The molecule has 0 spiro atoms. The number of aromatic carboxylic acids is 1. The number of carboxylic acids is 1. The lowest BCUT2D eigenvalue weighted by Crippen LogP contribution is -2.41. The number of ether oxygens (including phenoxy) is 3. The average molecular weight is 566 g/mol. The first-order valence-corrected chi connectivity index (χ1v) is 14.3. The number of carbonyl (C=O) groups is 1. The van der Waals surface area contributed by atoms with Gasteiger partial charge in [0.2, 0.25) is 0 Å². The van der Waals surface area contributed by atoms with Crippen LogP contribution in [0.5, 0.6) is 5.75 Å². The summed E-state index contributed by atoms with van der Waals surface area (Å²) in [7, 11) is 0. The highest BCUT2D eigenvalue weighted by molar-refractivity contribution is 6.15. The van der Waals surface area contributed by atoms with E-state index in [1.165, 1.54) is 5.56 Å². The highest BCUT2D eigenvalue weighted by Gasteiger charge is 2.48. The lowest BCUT2D eigenvalue weighted by molar-refractivity contribution is 0.00863. The number of nitrogens with zero attached hydrogens (tertiary/aromatic N) is 3. The van der Waals surface area contributed by atoms with E-state index in [4.69, 9.17) is 24.2 Å². The Morgan fingerprint density at radius 2 is 1.81 bits per heavy atom. The minimum absolute atomic E-state index is 0.220. The van der Waals surface area contributed by atoms with Crippen LogP contribution in [0.4, 0.5) is 5.69 Å². The second-order valence-corrected chi connectivity index (χ2v) is 10.9. The van der Waals surface area contributed by atoms with Gasteiger partial charge in [-0.1, -0.05) is 54.6 Å². The molecule has 4 heterocycles. The van der Waals surface area contributed by atoms with Gasteiger partial charge in [-0.05, 0) is 30.2 Å². The third kappa shape index (κ3) is 5.00. The maximum absolute atomic E-state index is 12.8. The molecule has 0 bridgehead atoms. The van der Waals surface area contributed by atoms with Crippen molar-refractivity contribution >= 4 is 28.4 Å². The van der Waals surface area contributed by atoms with Crippen LogP contribution in [0.1, 0.15) is 27.2 Å². The van der Waals surface area contributed by atoms with Gasteiger partial charge in [0, 0.05) is 31.0 Å². The number of rotatable bonds is 7. The molecule has 3 aliphatic heterocycles. The van der Waals surface area contributed by atoms with Crippen molar-refractivity contribution in [3.8, 4) is 5.75 Å². The SMILES string of the molecule is O=C(O)c1c2c(nc3ccccc13)CCN(CCc1ccccc1)C2=Nc1cccc(O[C@H]2CO[C@H]3[C@@H]2OC[C@@H]3O)c1. The molecule has 2 fully saturated rings. The first-order chi connectivity index (χ1) is 20.5. The van der Waals surface area contributed by atoms with Gasteiger partial charge >= 0.3 is 5.97 Å². The van der Waals surface area contributed by atoms with Crippen molar-refractivity contribution in [2.45, 2.75) is 37.3 Å². The van der Waals surface area contributed by atoms with Gasteiger partial charge < -0.3 is 29.3 Å². The highest BCUT2D eigenvalue weighted by Crippen LogP contribution is 2.33. The Bertz CT molecular complexity index is 1660. The molecule has 3 aliphatic rings. The van der Waals surface area contributed by atoms with Gasteiger partial charge in [-0.25, -0.2) is 9.79 Å². The average Bonchev–Trinajstić information content (AvgIpc) is 3.58. The van der Waals surface area contributed by atoms with Crippen molar-refractivity contribution < 1.29 is 29.2 Å². The predicted octanol–water partition coefficient (Wildman–Crippen LogP) is 4.02. The number of hydrogen-bond acceptors (Lipinski definition) is 7. The number of aliphatic hydroxyl groups is 1. The summed E-state index contributed by atoms with van der Waals surface area (Å²) in [5.41, 5.74) is 4.01. The molecule has 7 rings (SSSR count). The Kier molecular flexibility index (Phi) is 7.07. The standard InChI is InChI=1S/C33H31N3O6/c37-26-18-40-31-27(19-41-30(26)31)42-22-10-6-9-21(17-22)34-32-29-25(14-16-36(32)15-13-20-7-2-1-3-8-20)35-24-12-5-4-11-23(24)28(29)33(38)39/h1-12,17,26-27,30-31,37H,13-16,18-19H2,(H,38,39)/t26-,27-,30+,31+/m0/s1. The van der Waals surface area contributed by atoms with Gasteiger partial charge in [-0.2, -0.15) is 0 Å². The van der Waals surface area contributed by atoms with Gasteiger partial charge in [0.05, 0.1) is 41.2 Å². The van der Waals surface area contributed by atoms with E-state index in [2.05, 4.69) is 17.0 Å². The Labute approximate surface area is 243 Å². The number of amidine groups is 1. The second kappa shape index (κ2) is 11.2. The molecule has 2 N–H and O–H groups in total. The van der Waals surface area contributed by atoms with Crippen molar-refractivity contribution in [3.05, 3.63) is 101 Å². The fourth-order valence-corrected chi connectivity index (χ4v) is 6.13. The van der Waals surface area contributed by atoms with Crippen LogP contribution in [-0.2, 0) is 22.3 Å². The highest BCUT2D eigenvalue weighted by atomic mass is 16.6. The molecular weight excluding hydrogens is 534 g/mol. The molecule has 214 valence electrons. The van der Waals surface area contributed by atoms with Crippen molar-refractivity contribution in [1.29, 1.82) is 0 Å². The zero-order chi connectivity index (χ0) is 28.6. The van der Waals surface area contributed by atoms with Gasteiger partial charge in [-0.15, -0.1) is 0 Å². The summed E-state index contributed by atoms with van der Waals surface area (Å²) >= 11 is 0. The van der Waals surface area contributed by atoms with Crippen LogP contribution in [0.2, 0.25) is 0 Å². The number of pyridine rings is 1. The molecule has 2 saturated heterocycles. The maximum atomic E-state index is 12.8. The van der Waals surface area contributed by atoms with E-state index in [1.807, 2.05) is 60.7 Å². The van der Waals surface area contributed by atoms with E-state index < -0.39 is 12.1 Å². The topological polar surface area (TPSA) is 114 Å². The van der Waals surface area contributed by atoms with Crippen molar-refractivity contribution in [2.75, 3.05) is 26.3 Å². The molecule has 0 aliphatic carbocycles. The number of aliphatic imine (C=N–C) groups is 1. The predicted molar refractivity (Wildman–Crippen MR) is 157 cm³/mol. The molecule has 42 heavy (non-hydrogen) atoms. The molecule has 0 amide bonds. The molecular formula is C33H31N3O6. The lowest BCUT2D eigenvalue weighted by Gasteiger charge is -2.33. The molecule has 3 aromatic carbocycles. The minimum atomic E-state index is -1.01. The second-order valence-electron chi connectivity index (χ2n) is 10.9. The summed E-state index contributed by atoms with van der Waals surface area (Å²) in [4.78, 5) is 24.9. The quantitative estimate of drug-likeness (QED) is 0.346. The molecule has 1 aromatic heterocycles. The molecule has 9 heteroatoms. The first-order valence-electron chi connectivity index (χ1n) is 14.3. The fraction of sp³-hybridized carbons (Fsp3) is 0.303. The van der Waals surface area contributed by atoms with E-state index >= 15 is 0 Å².